The molecule has 0 bridgehead atoms. The second-order valence-electron chi connectivity index (χ2n) is 2.97. The molecule has 1 aliphatic heterocycles. The van der Waals surface area contributed by atoms with Gasteiger partial charge in [0.05, 0.1) is 6.61 Å². The minimum absolute atomic E-state index is 0.568. The minimum Gasteiger partial charge on any atom is -0.400 e. The highest BCUT2D eigenvalue weighted by Crippen LogP contribution is 2.21. The van der Waals surface area contributed by atoms with Crippen LogP contribution in [-0.4, -0.2) is 57.7 Å². The fourth-order valence-electron chi connectivity index (χ4n) is 1.22. The molecule has 0 aromatic heterocycles. The van der Waals surface area contributed by atoms with Crippen molar-refractivity contribution in [3.05, 3.63) is 10.4 Å². The van der Waals surface area contributed by atoms with E-state index in [1.807, 2.05) is 0 Å². The molecule has 9 heteroatoms. The summed E-state index contributed by atoms with van der Waals surface area (Å²) < 4.78 is 4.84. The quantitative estimate of drug-likeness (QED) is 0.188. The molecular formula is C6H11N3O6. The maximum absolute atomic E-state index is 9.32. The normalized spacial score (nSPS) is 40.7. The van der Waals surface area contributed by atoms with Crippen molar-refractivity contribution in [2.45, 2.75) is 30.7 Å². The Balaban J connectivity index is 2.69. The third kappa shape index (κ3) is 2.48. The average Bonchev–Trinajstić information content (AvgIpc) is 2.25. The van der Waals surface area contributed by atoms with Crippen molar-refractivity contribution in [1.82, 2.24) is 0 Å². The number of ether oxygens (including phenoxy) is 1. The molecule has 0 amide bonds. The second-order valence-corrected chi connectivity index (χ2v) is 2.97. The number of rotatable bonds is 3. The highest BCUT2D eigenvalue weighted by atomic mass is 16.8. The number of azide groups is 1. The first-order chi connectivity index (χ1) is 7.11. The smallest absolute Gasteiger partial charge is 0.237 e. The first-order valence-electron chi connectivity index (χ1n) is 4.12. The van der Waals surface area contributed by atoms with Crippen LogP contribution in [0.25, 0.3) is 10.4 Å². The Morgan fingerprint density at radius 1 is 1.27 bits per heavy atom. The standard InChI is InChI=1S/C6H11N3O6/c7-8-9-15-6-5(13)4(12)3(11)2(1-10)14-6/h2-6,10-13H,1H2/t2-,3+,4+,5-,6?/m1/s1. The lowest BCUT2D eigenvalue weighted by molar-refractivity contribution is -0.302. The van der Waals surface area contributed by atoms with Crippen LogP contribution < -0.4 is 0 Å². The molecule has 9 nitrogen and oxygen atoms in total. The number of nitrogens with zero attached hydrogens (tertiary/aromatic N) is 3. The summed E-state index contributed by atoms with van der Waals surface area (Å²) >= 11 is 0. The van der Waals surface area contributed by atoms with Crippen LogP contribution in [-0.2, 0) is 9.57 Å². The maximum Gasteiger partial charge on any atom is 0.237 e. The zero-order valence-corrected chi connectivity index (χ0v) is 7.54. The van der Waals surface area contributed by atoms with E-state index in [0.717, 1.165) is 0 Å². The Kier molecular flexibility index (Phi) is 4.09. The third-order valence-electron chi connectivity index (χ3n) is 2.04. The lowest BCUT2D eigenvalue weighted by Gasteiger charge is -2.38. The third-order valence-corrected chi connectivity index (χ3v) is 2.04. The molecule has 1 fully saturated rings. The second kappa shape index (κ2) is 5.12. The van der Waals surface area contributed by atoms with E-state index in [0.29, 0.717) is 0 Å². The van der Waals surface area contributed by atoms with Crippen molar-refractivity contribution in [2.24, 2.45) is 5.28 Å². The summed E-state index contributed by atoms with van der Waals surface area (Å²) in [4.78, 5) is 6.61. The topological polar surface area (TPSA) is 148 Å². The van der Waals surface area contributed by atoms with Gasteiger partial charge in [0.15, 0.2) is 0 Å². The first kappa shape index (κ1) is 12.0. The van der Waals surface area contributed by atoms with Crippen molar-refractivity contribution < 1.29 is 30.0 Å². The van der Waals surface area contributed by atoms with E-state index in [4.69, 9.17) is 15.4 Å². The van der Waals surface area contributed by atoms with Crippen molar-refractivity contribution in [1.29, 1.82) is 0 Å². The molecule has 0 aromatic rings. The van der Waals surface area contributed by atoms with Gasteiger partial charge in [0.2, 0.25) is 6.29 Å². The first-order valence-corrected chi connectivity index (χ1v) is 4.12. The van der Waals surface area contributed by atoms with Gasteiger partial charge in [-0.25, -0.2) is 0 Å². The molecule has 0 aromatic carbocycles. The SMILES string of the molecule is [N-]=[N+]=NOC1O[C@H](CO)[C@H](O)[C@H](O)[C@H]1O. The van der Waals surface area contributed by atoms with Crippen LogP contribution in [0.5, 0.6) is 0 Å². The summed E-state index contributed by atoms with van der Waals surface area (Å²) in [7, 11) is 0. The monoisotopic (exact) mass is 221 g/mol. The zero-order valence-electron chi connectivity index (χ0n) is 7.54. The van der Waals surface area contributed by atoms with E-state index in [1.165, 1.54) is 0 Å². The molecule has 1 heterocycles. The lowest BCUT2D eigenvalue weighted by atomic mass is 9.99. The van der Waals surface area contributed by atoms with E-state index in [-0.39, 0.29) is 0 Å². The Hall–Kier alpha value is -1.09. The minimum atomic E-state index is -1.56. The van der Waals surface area contributed by atoms with Crippen LogP contribution in [0, 0.1) is 0 Å². The largest absolute Gasteiger partial charge is 0.400 e. The Bertz CT molecular complexity index is 255. The Labute approximate surface area is 84.0 Å². The highest BCUT2D eigenvalue weighted by Gasteiger charge is 2.44. The molecule has 86 valence electrons. The molecule has 0 spiro atoms. The van der Waals surface area contributed by atoms with Crippen LogP contribution in [0.1, 0.15) is 0 Å². The van der Waals surface area contributed by atoms with Crippen LogP contribution in [0.3, 0.4) is 0 Å². The number of hydrogen-bond donors (Lipinski definition) is 4. The van der Waals surface area contributed by atoms with Crippen molar-refractivity contribution >= 4 is 0 Å². The Morgan fingerprint density at radius 3 is 2.47 bits per heavy atom. The predicted molar refractivity (Wildman–Crippen MR) is 44.0 cm³/mol. The molecule has 1 aliphatic rings. The van der Waals surface area contributed by atoms with Crippen molar-refractivity contribution in [3.63, 3.8) is 0 Å². The van der Waals surface area contributed by atoms with Gasteiger partial charge >= 0.3 is 0 Å². The van der Waals surface area contributed by atoms with E-state index >= 15 is 0 Å². The van der Waals surface area contributed by atoms with E-state index < -0.39 is 37.3 Å². The molecule has 4 N–H and O–H groups in total. The van der Waals surface area contributed by atoms with E-state index in [1.54, 1.807) is 0 Å². The summed E-state index contributed by atoms with van der Waals surface area (Å²) in [6, 6.07) is 0. The summed E-state index contributed by atoms with van der Waals surface area (Å²) in [5, 5.41) is 39.4. The summed E-state index contributed by atoms with van der Waals surface area (Å²) in [5.74, 6) is 0. The maximum atomic E-state index is 9.32. The van der Waals surface area contributed by atoms with Gasteiger partial charge in [0, 0.05) is 4.91 Å². The molecule has 1 saturated heterocycles. The fraction of sp³-hybridized carbons (Fsp3) is 1.00. The van der Waals surface area contributed by atoms with Crippen LogP contribution >= 0.6 is 0 Å². The summed E-state index contributed by atoms with van der Waals surface area (Å²) in [5.41, 5.74) is 7.96. The van der Waals surface area contributed by atoms with Gasteiger partial charge in [-0.15, -0.1) is 0 Å². The van der Waals surface area contributed by atoms with E-state index in [9.17, 15) is 15.3 Å². The highest BCUT2D eigenvalue weighted by molar-refractivity contribution is 4.88. The van der Waals surface area contributed by atoms with Gasteiger partial charge in [-0.2, -0.15) is 0 Å². The molecule has 1 unspecified atom stereocenters. The fourth-order valence-corrected chi connectivity index (χ4v) is 1.22. The number of hydrogen-bond acceptors (Lipinski definition) is 7. The van der Waals surface area contributed by atoms with Gasteiger partial charge in [0.25, 0.3) is 0 Å². The summed E-state index contributed by atoms with van der Waals surface area (Å²) in [6.07, 6.45) is -7.07. The molecular weight excluding hydrogens is 210 g/mol. The Morgan fingerprint density at radius 2 is 1.93 bits per heavy atom. The zero-order chi connectivity index (χ0) is 11.4. The van der Waals surface area contributed by atoms with Gasteiger partial charge in [-0.1, -0.05) is 0 Å². The van der Waals surface area contributed by atoms with Gasteiger partial charge in [0.1, 0.15) is 29.7 Å². The molecule has 15 heavy (non-hydrogen) atoms. The van der Waals surface area contributed by atoms with Crippen LogP contribution in [0.15, 0.2) is 5.28 Å². The molecule has 5 atom stereocenters. The van der Waals surface area contributed by atoms with Gasteiger partial charge in [-0.05, 0) is 5.53 Å². The number of aliphatic hydroxyl groups excluding tert-OH is 4. The van der Waals surface area contributed by atoms with Crippen LogP contribution in [0.4, 0.5) is 0 Å². The van der Waals surface area contributed by atoms with Crippen LogP contribution in [0.2, 0.25) is 0 Å². The van der Waals surface area contributed by atoms with Gasteiger partial charge in [-0.3, -0.25) is 0 Å². The van der Waals surface area contributed by atoms with Crippen molar-refractivity contribution in [2.75, 3.05) is 6.61 Å². The number of aliphatic hydroxyl groups is 4. The predicted octanol–water partition coefficient (Wildman–Crippen LogP) is -1.97. The lowest BCUT2D eigenvalue weighted by Crippen LogP contribution is -2.58. The van der Waals surface area contributed by atoms with Gasteiger partial charge < -0.3 is 30.0 Å². The van der Waals surface area contributed by atoms with Crippen molar-refractivity contribution in [3.8, 4) is 0 Å². The average molecular weight is 221 g/mol. The molecule has 0 aliphatic carbocycles. The van der Waals surface area contributed by atoms with E-state index in [2.05, 4.69) is 15.0 Å². The molecule has 0 saturated carbocycles. The summed E-state index contributed by atoms with van der Waals surface area (Å²) in [6.45, 7) is -0.568. The molecule has 0 radical (unpaired) electrons. The molecule has 1 rings (SSSR count).